The molecule has 0 saturated heterocycles. The predicted molar refractivity (Wildman–Crippen MR) is 269 cm³/mol. The van der Waals surface area contributed by atoms with Crippen LogP contribution < -0.4 is 5.30 Å². The van der Waals surface area contributed by atoms with Crippen LogP contribution in [0.2, 0.25) is 0 Å². The van der Waals surface area contributed by atoms with Crippen LogP contribution in [-0.2, 0) is 9.98 Å². The molecule has 1 aliphatic rings. The lowest BCUT2D eigenvalue weighted by Crippen LogP contribution is -2.30. The normalized spacial score (nSPS) is 14.0. The van der Waals surface area contributed by atoms with Crippen molar-refractivity contribution in [2.75, 3.05) is 13.3 Å². The van der Waals surface area contributed by atoms with E-state index >= 15 is 0 Å². The van der Waals surface area contributed by atoms with Crippen LogP contribution >= 0.6 is 7.14 Å². The Balaban J connectivity index is 0.975. The summed E-state index contributed by atoms with van der Waals surface area (Å²) in [5.41, 5.74) is 10.3. The Kier molecular flexibility index (Phi) is 10.1. The minimum absolute atomic E-state index is 0.0963. The number of hydrogen-bond acceptors (Lipinski definition) is 4. The van der Waals surface area contributed by atoms with Gasteiger partial charge >= 0.3 is 0 Å². The van der Waals surface area contributed by atoms with Gasteiger partial charge < -0.3 is 4.57 Å². The SMILES string of the molecule is CP(C)(=O)c1ccc(-c2c3ccccc3c(-c3ccc(C4(c5ccc(-c6nc(-c7ccccc7)nc(-c7ccc8ccccc8c7)n6)cc5)CCCCC4)cc3)c3ccccc23)cc1. The van der Waals surface area contributed by atoms with E-state index in [2.05, 4.69) is 164 Å². The topological polar surface area (TPSA) is 55.7 Å². The first-order valence-electron chi connectivity index (χ1n) is 22.4. The molecule has 1 fully saturated rings. The second-order valence-corrected chi connectivity index (χ2v) is 21.0. The number of benzene rings is 9. The van der Waals surface area contributed by atoms with Crippen LogP contribution in [0.4, 0.5) is 0 Å². The van der Waals surface area contributed by atoms with Gasteiger partial charge in [-0.25, -0.2) is 15.0 Å². The van der Waals surface area contributed by atoms with E-state index < -0.39 is 7.14 Å². The molecule has 1 heterocycles. The highest BCUT2D eigenvalue weighted by Gasteiger charge is 2.36. The third-order valence-corrected chi connectivity index (χ3v) is 15.1. The van der Waals surface area contributed by atoms with Gasteiger partial charge in [-0.2, -0.15) is 0 Å². The molecule has 0 bridgehead atoms. The summed E-state index contributed by atoms with van der Waals surface area (Å²) in [5.74, 6) is 2.00. The van der Waals surface area contributed by atoms with Gasteiger partial charge in [-0.3, -0.25) is 0 Å². The van der Waals surface area contributed by atoms with Crippen molar-refractivity contribution in [3.63, 3.8) is 0 Å². The summed E-state index contributed by atoms with van der Waals surface area (Å²) in [7, 11) is -2.36. The molecule has 1 aromatic heterocycles. The number of fused-ring (bicyclic) bond motifs is 3. The van der Waals surface area contributed by atoms with Crippen LogP contribution in [0.1, 0.15) is 43.2 Å². The van der Waals surface area contributed by atoms with Gasteiger partial charge in [-0.1, -0.05) is 207 Å². The van der Waals surface area contributed by atoms with Crippen molar-refractivity contribution in [2.24, 2.45) is 0 Å². The molecule has 1 aliphatic carbocycles. The van der Waals surface area contributed by atoms with Crippen molar-refractivity contribution in [1.29, 1.82) is 0 Å². The molecule has 10 aromatic rings. The first-order chi connectivity index (χ1) is 31.3. The molecule has 310 valence electrons. The molecule has 4 nitrogen and oxygen atoms in total. The lowest BCUT2D eigenvalue weighted by atomic mass is 9.65. The summed E-state index contributed by atoms with van der Waals surface area (Å²) in [5, 5.41) is 8.13. The van der Waals surface area contributed by atoms with Crippen LogP contribution in [0, 0.1) is 0 Å². The zero-order valence-corrected chi connectivity index (χ0v) is 37.1. The fraction of sp³-hybridized carbons (Fsp3) is 0.136. The van der Waals surface area contributed by atoms with Crippen LogP contribution in [-0.4, -0.2) is 28.3 Å². The van der Waals surface area contributed by atoms with Gasteiger partial charge in [0.1, 0.15) is 7.14 Å². The fourth-order valence-corrected chi connectivity index (χ4v) is 11.1. The van der Waals surface area contributed by atoms with Crippen molar-refractivity contribution in [1.82, 2.24) is 15.0 Å². The maximum absolute atomic E-state index is 12.9. The maximum atomic E-state index is 12.9. The van der Waals surface area contributed by atoms with Crippen LogP contribution in [0.3, 0.4) is 0 Å². The molecule has 0 atom stereocenters. The quantitative estimate of drug-likeness (QED) is 0.113. The largest absolute Gasteiger partial charge is 0.319 e. The number of nitrogens with zero attached hydrogens (tertiary/aromatic N) is 3. The van der Waals surface area contributed by atoms with Crippen LogP contribution in [0.15, 0.2) is 194 Å². The van der Waals surface area contributed by atoms with E-state index in [0.29, 0.717) is 17.5 Å². The first kappa shape index (κ1) is 39.8. The summed E-state index contributed by atoms with van der Waals surface area (Å²) < 4.78 is 12.9. The lowest BCUT2D eigenvalue weighted by Gasteiger charge is -2.39. The van der Waals surface area contributed by atoms with E-state index in [4.69, 9.17) is 15.0 Å². The second-order valence-electron chi connectivity index (χ2n) is 17.8. The molecule has 0 amide bonds. The molecule has 0 N–H and O–H groups in total. The van der Waals surface area contributed by atoms with E-state index in [1.54, 1.807) is 0 Å². The molecule has 0 spiro atoms. The Morgan fingerprint density at radius 1 is 0.391 bits per heavy atom. The molecule has 9 aromatic carbocycles. The molecule has 1 saturated carbocycles. The monoisotopic (exact) mass is 845 g/mol. The predicted octanol–water partition coefficient (Wildman–Crippen LogP) is 15.2. The standard InChI is InChI=1S/C59H48N3OP/c1-64(2,63)49-35-29-42(30-36-49)55-52-21-11-9-19-50(52)54(51-20-10-12-22-53(51)55)41-25-31-47(32-26-41)59(37-13-4-14-38-59)48-33-27-44(28-34-48)57-60-56(43-16-5-3-6-17-43)61-58(62-57)46-24-23-40-15-7-8-18-45(40)39-46/h3,5-12,15-36,39H,4,13-14,37-38H2,1-2H3. The highest BCUT2D eigenvalue weighted by atomic mass is 31.2. The van der Waals surface area contributed by atoms with Gasteiger partial charge in [0.05, 0.1) is 0 Å². The van der Waals surface area contributed by atoms with Crippen molar-refractivity contribution >= 4 is 44.8 Å². The maximum Gasteiger partial charge on any atom is 0.164 e. The Hall–Kier alpha value is -7.00. The highest BCUT2D eigenvalue weighted by Crippen LogP contribution is 2.48. The first-order valence-corrected chi connectivity index (χ1v) is 25.0. The molecular formula is C59H48N3OP. The van der Waals surface area contributed by atoms with E-state index in [1.807, 2.05) is 43.7 Å². The van der Waals surface area contributed by atoms with Crippen molar-refractivity contribution in [2.45, 2.75) is 37.5 Å². The molecular weight excluding hydrogens is 798 g/mol. The summed E-state index contributed by atoms with van der Waals surface area (Å²) in [6.45, 7) is 3.67. The molecule has 11 rings (SSSR count). The number of hydrogen-bond donors (Lipinski definition) is 0. The van der Waals surface area contributed by atoms with Gasteiger partial charge in [0, 0.05) is 27.4 Å². The van der Waals surface area contributed by atoms with Crippen LogP contribution in [0.25, 0.3) is 88.7 Å². The van der Waals surface area contributed by atoms with E-state index in [0.717, 1.165) is 45.8 Å². The third-order valence-electron chi connectivity index (χ3n) is 13.5. The smallest absolute Gasteiger partial charge is 0.164 e. The van der Waals surface area contributed by atoms with Crippen LogP contribution in [0.5, 0.6) is 0 Å². The van der Waals surface area contributed by atoms with Gasteiger partial charge in [-0.05, 0) is 97.9 Å². The summed E-state index contributed by atoms with van der Waals surface area (Å²) in [4.78, 5) is 15.2. The third kappa shape index (κ3) is 7.22. The average Bonchev–Trinajstić information content (AvgIpc) is 3.35. The summed E-state index contributed by atoms with van der Waals surface area (Å²) in [6.07, 6.45) is 5.85. The van der Waals surface area contributed by atoms with E-state index in [9.17, 15) is 4.57 Å². The van der Waals surface area contributed by atoms with Crippen molar-refractivity contribution < 1.29 is 4.57 Å². The van der Waals surface area contributed by atoms with Crippen molar-refractivity contribution in [3.05, 3.63) is 205 Å². The van der Waals surface area contributed by atoms with Crippen molar-refractivity contribution in [3.8, 4) is 56.4 Å². The summed E-state index contributed by atoms with van der Waals surface area (Å²) >= 11 is 0. The Morgan fingerprint density at radius 2 is 0.797 bits per heavy atom. The molecule has 5 heteroatoms. The second kappa shape index (κ2) is 16.3. The Bertz CT molecular complexity index is 3330. The van der Waals surface area contributed by atoms with Gasteiger partial charge in [0.25, 0.3) is 0 Å². The van der Waals surface area contributed by atoms with E-state index in [1.165, 1.54) is 74.0 Å². The molecule has 64 heavy (non-hydrogen) atoms. The van der Waals surface area contributed by atoms with Gasteiger partial charge in [-0.15, -0.1) is 0 Å². The fourth-order valence-electron chi connectivity index (χ4n) is 10.2. The minimum Gasteiger partial charge on any atom is -0.319 e. The summed E-state index contributed by atoms with van der Waals surface area (Å²) in [6, 6.07) is 69.5. The number of aromatic nitrogens is 3. The van der Waals surface area contributed by atoms with Gasteiger partial charge in [0.15, 0.2) is 17.5 Å². The zero-order valence-electron chi connectivity index (χ0n) is 36.2. The molecule has 0 unspecified atom stereocenters. The minimum atomic E-state index is -2.36. The molecule has 0 radical (unpaired) electrons. The molecule has 0 aliphatic heterocycles. The Morgan fingerprint density at radius 3 is 1.31 bits per heavy atom. The van der Waals surface area contributed by atoms with E-state index in [-0.39, 0.29) is 5.41 Å². The zero-order chi connectivity index (χ0) is 43.3. The number of rotatable bonds is 8. The van der Waals surface area contributed by atoms with Gasteiger partial charge in [0.2, 0.25) is 0 Å². The average molecular weight is 846 g/mol. The highest BCUT2D eigenvalue weighted by molar-refractivity contribution is 7.70. The Labute approximate surface area is 375 Å². The lowest BCUT2D eigenvalue weighted by molar-refractivity contribution is 0.346.